The molecule has 3 rings (SSSR count). The standard InChI is InChI=1S/C28H46ClNO4S2Si2/c1-27(2,3)37(7,8)33-22-15-16-23(24(19-22)34-38(9,10)28(4,5)6)20-11-13-21(14-12-20)30-36(31,32)26-18-17-25(29)35-26/h15-21,30H,11-14H2,1-10H3/t20-,21+. The fourth-order valence-electron chi connectivity index (χ4n) is 4.12. The molecule has 10 heteroatoms. The Kier molecular flexibility index (Phi) is 9.34. The summed E-state index contributed by atoms with van der Waals surface area (Å²) in [6, 6.07) is 9.52. The Morgan fingerprint density at radius 1 is 0.868 bits per heavy atom. The zero-order valence-electron chi connectivity index (χ0n) is 24.7. The lowest BCUT2D eigenvalue weighted by atomic mass is 9.81. The van der Waals surface area contributed by atoms with Crippen molar-refractivity contribution in [1.29, 1.82) is 0 Å². The van der Waals surface area contributed by atoms with Gasteiger partial charge in [-0.15, -0.1) is 11.3 Å². The van der Waals surface area contributed by atoms with Gasteiger partial charge in [0.15, 0.2) is 0 Å². The van der Waals surface area contributed by atoms with Crippen molar-refractivity contribution in [3.05, 3.63) is 40.2 Å². The van der Waals surface area contributed by atoms with E-state index in [2.05, 4.69) is 90.7 Å². The summed E-state index contributed by atoms with van der Waals surface area (Å²) in [6.45, 7) is 22.6. The molecule has 0 saturated heterocycles. The SMILES string of the molecule is CC(C)(C)[Si](C)(C)Oc1ccc([C@H]2CC[C@@H](NS(=O)(=O)c3ccc(Cl)s3)CC2)c(O[Si](C)(C)C(C)(C)C)c1. The second-order valence-electron chi connectivity index (χ2n) is 13.7. The van der Waals surface area contributed by atoms with Gasteiger partial charge in [-0.3, -0.25) is 0 Å². The predicted octanol–water partition coefficient (Wildman–Crippen LogP) is 9.17. The van der Waals surface area contributed by atoms with E-state index in [4.69, 9.17) is 20.5 Å². The molecule has 214 valence electrons. The van der Waals surface area contributed by atoms with Gasteiger partial charge in [-0.05, 0) is 91.6 Å². The molecule has 1 aromatic carbocycles. The fourth-order valence-corrected chi connectivity index (χ4v) is 8.98. The van der Waals surface area contributed by atoms with E-state index in [-0.39, 0.29) is 20.3 Å². The molecule has 1 aliphatic rings. The minimum absolute atomic E-state index is 0.0706. The summed E-state index contributed by atoms with van der Waals surface area (Å²) < 4.78 is 42.8. The summed E-state index contributed by atoms with van der Waals surface area (Å²) in [5.41, 5.74) is 1.21. The maximum atomic E-state index is 12.8. The first-order valence-electron chi connectivity index (χ1n) is 13.5. The van der Waals surface area contributed by atoms with Crippen molar-refractivity contribution in [2.24, 2.45) is 0 Å². The van der Waals surface area contributed by atoms with Crippen LogP contribution >= 0.6 is 22.9 Å². The van der Waals surface area contributed by atoms with Crippen molar-refractivity contribution in [2.45, 2.75) is 120 Å². The third kappa shape index (κ3) is 7.46. The van der Waals surface area contributed by atoms with Gasteiger partial charge in [-0.25, -0.2) is 13.1 Å². The Hall–Kier alpha value is -0.846. The molecule has 0 spiro atoms. The Morgan fingerprint density at radius 3 is 1.92 bits per heavy atom. The molecule has 5 nitrogen and oxygen atoms in total. The maximum absolute atomic E-state index is 12.8. The lowest BCUT2D eigenvalue weighted by Gasteiger charge is -2.39. The van der Waals surface area contributed by atoms with Crippen molar-refractivity contribution >= 4 is 49.6 Å². The van der Waals surface area contributed by atoms with E-state index in [0.29, 0.717) is 10.3 Å². The van der Waals surface area contributed by atoms with Crippen molar-refractivity contribution in [3.63, 3.8) is 0 Å². The molecule has 0 aliphatic heterocycles. The van der Waals surface area contributed by atoms with Crippen molar-refractivity contribution in [2.75, 3.05) is 0 Å². The summed E-state index contributed by atoms with van der Waals surface area (Å²) in [5, 5.41) is 0.174. The van der Waals surface area contributed by atoms with Crippen molar-refractivity contribution < 1.29 is 17.3 Å². The van der Waals surface area contributed by atoms with Crippen LogP contribution in [-0.4, -0.2) is 31.1 Å². The molecule has 1 N–H and O–H groups in total. The molecule has 0 bridgehead atoms. The van der Waals surface area contributed by atoms with Gasteiger partial charge in [0.05, 0.1) is 4.34 Å². The van der Waals surface area contributed by atoms with Crippen LogP contribution in [0.2, 0.25) is 40.6 Å². The van der Waals surface area contributed by atoms with Crippen LogP contribution in [0.3, 0.4) is 0 Å². The van der Waals surface area contributed by atoms with Crippen LogP contribution in [0.4, 0.5) is 0 Å². The quantitative estimate of drug-likeness (QED) is 0.301. The van der Waals surface area contributed by atoms with Crippen LogP contribution in [0.15, 0.2) is 34.5 Å². The van der Waals surface area contributed by atoms with Crippen LogP contribution < -0.4 is 13.6 Å². The van der Waals surface area contributed by atoms with Crippen LogP contribution in [0.5, 0.6) is 11.5 Å². The molecule has 1 heterocycles. The number of benzene rings is 1. The van der Waals surface area contributed by atoms with E-state index in [1.165, 1.54) is 5.56 Å². The van der Waals surface area contributed by atoms with Crippen LogP contribution in [0.1, 0.15) is 78.7 Å². The number of hydrogen-bond acceptors (Lipinski definition) is 5. The first kappa shape index (κ1) is 31.7. The highest BCUT2D eigenvalue weighted by Crippen LogP contribution is 2.45. The van der Waals surface area contributed by atoms with E-state index in [0.717, 1.165) is 48.5 Å². The first-order chi connectivity index (χ1) is 17.2. The molecular weight excluding hydrogens is 570 g/mol. The third-order valence-electron chi connectivity index (χ3n) is 8.64. The fraction of sp³-hybridized carbons (Fsp3) is 0.643. The van der Waals surface area contributed by atoms with Gasteiger partial charge in [-0.1, -0.05) is 59.2 Å². The van der Waals surface area contributed by atoms with E-state index in [1.807, 2.05) is 0 Å². The topological polar surface area (TPSA) is 64.6 Å². The number of hydrogen-bond donors (Lipinski definition) is 1. The van der Waals surface area contributed by atoms with E-state index < -0.39 is 26.7 Å². The smallest absolute Gasteiger partial charge is 0.250 e. The first-order valence-corrected chi connectivity index (χ1v) is 22.0. The van der Waals surface area contributed by atoms with Crippen molar-refractivity contribution in [1.82, 2.24) is 4.72 Å². The summed E-state index contributed by atoms with van der Waals surface area (Å²) in [5.74, 6) is 2.13. The van der Waals surface area contributed by atoms with Crippen LogP contribution in [0, 0.1) is 0 Å². The lowest BCUT2D eigenvalue weighted by Crippen LogP contribution is -2.44. The minimum Gasteiger partial charge on any atom is -0.543 e. The van der Waals surface area contributed by atoms with Gasteiger partial charge in [0.2, 0.25) is 26.7 Å². The third-order valence-corrected chi connectivity index (χ3v) is 20.6. The summed E-state index contributed by atoms with van der Waals surface area (Å²) in [4.78, 5) is 0. The largest absolute Gasteiger partial charge is 0.543 e. The summed E-state index contributed by atoms with van der Waals surface area (Å²) in [7, 11) is -7.63. The molecule has 1 fully saturated rings. The van der Waals surface area contributed by atoms with Crippen LogP contribution in [-0.2, 0) is 10.0 Å². The van der Waals surface area contributed by atoms with Crippen LogP contribution in [0.25, 0.3) is 0 Å². The molecule has 1 aliphatic carbocycles. The Labute approximate surface area is 242 Å². The number of sulfonamides is 1. The Bertz CT molecular complexity index is 1220. The van der Waals surface area contributed by atoms with E-state index >= 15 is 0 Å². The van der Waals surface area contributed by atoms with Gasteiger partial charge in [-0.2, -0.15) is 0 Å². The molecule has 0 atom stereocenters. The zero-order chi connectivity index (χ0) is 28.7. The maximum Gasteiger partial charge on any atom is 0.250 e. The van der Waals surface area contributed by atoms with E-state index in [1.54, 1.807) is 12.1 Å². The van der Waals surface area contributed by atoms with E-state index in [9.17, 15) is 8.42 Å². The Morgan fingerprint density at radius 2 is 1.42 bits per heavy atom. The molecule has 0 amide bonds. The second-order valence-corrected chi connectivity index (χ2v) is 26.8. The number of rotatable bonds is 8. The number of halogens is 1. The van der Waals surface area contributed by atoms with Gasteiger partial charge >= 0.3 is 0 Å². The average Bonchev–Trinajstić information content (AvgIpc) is 3.20. The second kappa shape index (κ2) is 11.2. The average molecular weight is 616 g/mol. The summed E-state index contributed by atoms with van der Waals surface area (Å²) >= 11 is 7.05. The summed E-state index contributed by atoms with van der Waals surface area (Å²) in [6.07, 6.45) is 3.36. The monoisotopic (exact) mass is 615 g/mol. The minimum atomic E-state index is -3.55. The van der Waals surface area contributed by atoms with Gasteiger partial charge < -0.3 is 8.85 Å². The molecule has 1 saturated carbocycles. The normalized spacial score (nSPS) is 19.9. The molecule has 2 aromatic rings. The lowest BCUT2D eigenvalue weighted by molar-refractivity contribution is 0.367. The van der Waals surface area contributed by atoms with Gasteiger partial charge in [0.1, 0.15) is 15.7 Å². The predicted molar refractivity (Wildman–Crippen MR) is 167 cm³/mol. The number of thiophene rings is 1. The highest BCUT2D eigenvalue weighted by Gasteiger charge is 2.41. The molecule has 0 radical (unpaired) electrons. The molecule has 1 aromatic heterocycles. The van der Waals surface area contributed by atoms with Gasteiger partial charge in [0.25, 0.3) is 0 Å². The highest BCUT2D eigenvalue weighted by molar-refractivity contribution is 7.91. The molecule has 38 heavy (non-hydrogen) atoms. The Balaban J connectivity index is 1.83. The van der Waals surface area contributed by atoms with Gasteiger partial charge in [0, 0.05) is 12.1 Å². The molecule has 0 unspecified atom stereocenters. The highest BCUT2D eigenvalue weighted by atomic mass is 35.5. The zero-order valence-corrected chi connectivity index (χ0v) is 29.1. The molecular formula is C28H46ClNO4S2Si2. The number of nitrogens with one attached hydrogen (secondary N) is 1. The van der Waals surface area contributed by atoms with Crippen molar-refractivity contribution in [3.8, 4) is 11.5 Å².